The number of aromatic hydroxyl groups is 4. The van der Waals surface area contributed by atoms with Crippen LogP contribution < -0.4 is 10.2 Å². The molecule has 2 aromatic carbocycles. The minimum atomic E-state index is -1.89. The molecule has 7 N–H and O–H groups in total. The third-order valence-corrected chi connectivity index (χ3v) is 5.51. The molecule has 1 fully saturated rings. The summed E-state index contributed by atoms with van der Waals surface area (Å²) >= 11 is 0. The lowest BCUT2D eigenvalue weighted by Gasteiger charge is -2.39. The maximum atomic E-state index is 13.4. The third-order valence-electron chi connectivity index (χ3n) is 5.51. The molecule has 36 heavy (non-hydrogen) atoms. The number of phenolic OH excluding ortho intramolecular Hbond substituents is 4. The molecule has 1 saturated heterocycles. The van der Waals surface area contributed by atoms with Gasteiger partial charge >= 0.3 is 5.97 Å². The van der Waals surface area contributed by atoms with E-state index < -0.39 is 82.8 Å². The number of fused-ring (bicyclic) bond motifs is 1. The van der Waals surface area contributed by atoms with Gasteiger partial charge < -0.3 is 54.4 Å². The molecule has 0 spiro atoms. The molecular weight excluding hydrogens is 484 g/mol. The van der Waals surface area contributed by atoms with Gasteiger partial charge in [0.15, 0.2) is 17.3 Å². The SMILES string of the molecule is CC(=O)OC[C@@H]1O[C@H](Oc2c(-c3ccc(O)c(O)c3)oc3cc(O)cc(O)c3c2=O)[C@@H](O)[C@H](O)[C@H]1O. The van der Waals surface area contributed by atoms with Gasteiger partial charge in [-0.25, -0.2) is 0 Å². The number of rotatable bonds is 5. The Kier molecular flexibility index (Phi) is 6.65. The van der Waals surface area contributed by atoms with Gasteiger partial charge in [0.25, 0.3) is 0 Å². The van der Waals surface area contributed by atoms with Crippen molar-refractivity contribution in [1.82, 2.24) is 0 Å². The average Bonchev–Trinajstić information content (AvgIpc) is 2.81. The van der Waals surface area contributed by atoms with E-state index in [-0.39, 0.29) is 16.9 Å². The molecular formula is C23H22O13. The van der Waals surface area contributed by atoms with Gasteiger partial charge in [0.2, 0.25) is 17.5 Å². The molecule has 5 atom stereocenters. The van der Waals surface area contributed by atoms with Gasteiger partial charge in [-0.1, -0.05) is 0 Å². The van der Waals surface area contributed by atoms with Crippen LogP contribution in [-0.2, 0) is 14.3 Å². The van der Waals surface area contributed by atoms with E-state index in [2.05, 4.69) is 0 Å². The van der Waals surface area contributed by atoms with Crippen molar-refractivity contribution in [2.24, 2.45) is 0 Å². The van der Waals surface area contributed by atoms with Crippen molar-refractivity contribution >= 4 is 16.9 Å². The highest BCUT2D eigenvalue weighted by Crippen LogP contribution is 2.39. The van der Waals surface area contributed by atoms with Crippen LogP contribution in [0.5, 0.6) is 28.7 Å². The molecule has 13 heteroatoms. The predicted octanol–water partition coefficient (Wildman–Crippen LogP) is 0.0319. The maximum absolute atomic E-state index is 13.4. The van der Waals surface area contributed by atoms with Crippen molar-refractivity contribution in [3.05, 3.63) is 40.6 Å². The second-order valence-electron chi connectivity index (χ2n) is 8.07. The lowest BCUT2D eigenvalue weighted by atomic mass is 9.99. The van der Waals surface area contributed by atoms with Crippen LogP contribution in [0.15, 0.2) is 39.5 Å². The smallest absolute Gasteiger partial charge is 0.302 e. The molecule has 0 unspecified atom stereocenters. The molecule has 1 aliphatic rings. The van der Waals surface area contributed by atoms with Gasteiger partial charge in [0, 0.05) is 24.6 Å². The van der Waals surface area contributed by atoms with E-state index in [1.165, 1.54) is 6.07 Å². The first-order valence-corrected chi connectivity index (χ1v) is 10.5. The fourth-order valence-electron chi connectivity index (χ4n) is 3.70. The Morgan fingerprint density at radius 3 is 2.33 bits per heavy atom. The van der Waals surface area contributed by atoms with Crippen LogP contribution >= 0.6 is 0 Å². The lowest BCUT2D eigenvalue weighted by Crippen LogP contribution is -2.60. The summed E-state index contributed by atoms with van der Waals surface area (Å²) < 4.78 is 21.5. The van der Waals surface area contributed by atoms with Crippen LogP contribution in [0.2, 0.25) is 0 Å². The number of esters is 1. The molecule has 192 valence electrons. The first-order chi connectivity index (χ1) is 17.0. The number of aliphatic hydroxyl groups is 3. The number of aliphatic hydroxyl groups excluding tert-OH is 3. The van der Waals surface area contributed by atoms with E-state index in [1.54, 1.807) is 0 Å². The molecule has 1 aliphatic heterocycles. The monoisotopic (exact) mass is 506 g/mol. The number of ether oxygens (including phenoxy) is 3. The summed E-state index contributed by atoms with van der Waals surface area (Å²) in [7, 11) is 0. The van der Waals surface area contributed by atoms with Gasteiger partial charge in [0.05, 0.1) is 0 Å². The van der Waals surface area contributed by atoms with Crippen molar-refractivity contribution in [3.63, 3.8) is 0 Å². The van der Waals surface area contributed by atoms with E-state index in [9.17, 15) is 45.3 Å². The quantitative estimate of drug-likeness (QED) is 0.180. The Hall–Kier alpha value is -4.04. The predicted molar refractivity (Wildman–Crippen MR) is 119 cm³/mol. The number of benzene rings is 2. The van der Waals surface area contributed by atoms with Gasteiger partial charge in [-0.05, 0) is 18.2 Å². The standard InChI is InChI=1S/C23H22O13/c1-8(24)33-7-15-17(29)19(31)20(32)23(35-15)36-22-18(30)16-13(28)5-10(25)6-14(16)34-21(22)9-2-3-11(26)12(27)4-9/h2-6,15,17,19-20,23,25-29,31-32H,7H2,1H3/t15-,17-,19+,20-,23+/m0/s1. The van der Waals surface area contributed by atoms with Crippen molar-refractivity contribution in [3.8, 4) is 40.1 Å². The number of carbonyl (C=O) groups excluding carboxylic acids is 1. The third kappa shape index (κ3) is 4.59. The summed E-state index contributed by atoms with van der Waals surface area (Å²) in [6.45, 7) is 0.601. The minimum absolute atomic E-state index is 0.00415. The first kappa shape index (κ1) is 25.1. The number of phenols is 4. The molecule has 0 amide bonds. The summed E-state index contributed by atoms with van der Waals surface area (Å²) in [6, 6.07) is 5.32. The van der Waals surface area contributed by atoms with Crippen molar-refractivity contribution < 1.29 is 59.2 Å². The summed E-state index contributed by atoms with van der Waals surface area (Å²) in [5, 5.41) is 70.1. The highest BCUT2D eigenvalue weighted by molar-refractivity contribution is 5.88. The molecule has 2 heterocycles. The van der Waals surface area contributed by atoms with Crippen molar-refractivity contribution in [2.45, 2.75) is 37.6 Å². The average molecular weight is 506 g/mol. The second-order valence-corrected chi connectivity index (χ2v) is 8.07. The Balaban J connectivity index is 1.84. The highest BCUT2D eigenvalue weighted by Gasteiger charge is 2.46. The highest BCUT2D eigenvalue weighted by atomic mass is 16.7. The summed E-state index contributed by atoms with van der Waals surface area (Å²) in [4.78, 5) is 24.5. The Morgan fingerprint density at radius 1 is 0.944 bits per heavy atom. The number of carbonyl (C=O) groups is 1. The van der Waals surface area contributed by atoms with Crippen molar-refractivity contribution in [1.29, 1.82) is 0 Å². The topological polar surface area (TPSA) is 217 Å². The van der Waals surface area contributed by atoms with Crippen LogP contribution in [0, 0.1) is 0 Å². The minimum Gasteiger partial charge on any atom is -0.508 e. The Labute approximate surface area is 201 Å². The molecule has 3 aromatic rings. The zero-order valence-corrected chi connectivity index (χ0v) is 18.6. The zero-order valence-electron chi connectivity index (χ0n) is 18.6. The van der Waals surface area contributed by atoms with Crippen molar-refractivity contribution in [2.75, 3.05) is 6.61 Å². The van der Waals surface area contributed by atoms with Crippen LogP contribution in [0.3, 0.4) is 0 Å². The van der Waals surface area contributed by atoms with E-state index in [0.29, 0.717) is 0 Å². The largest absolute Gasteiger partial charge is 0.508 e. The van der Waals surface area contributed by atoms with Gasteiger partial charge in [0.1, 0.15) is 53.5 Å². The zero-order chi connectivity index (χ0) is 26.3. The number of hydrogen-bond donors (Lipinski definition) is 7. The molecule has 0 radical (unpaired) electrons. The van der Waals surface area contributed by atoms with E-state index >= 15 is 0 Å². The molecule has 0 bridgehead atoms. The maximum Gasteiger partial charge on any atom is 0.302 e. The van der Waals surface area contributed by atoms with Crippen LogP contribution in [0.4, 0.5) is 0 Å². The van der Waals surface area contributed by atoms with Crippen LogP contribution in [0.25, 0.3) is 22.3 Å². The molecule has 0 aliphatic carbocycles. The molecule has 0 saturated carbocycles. The molecule has 1 aromatic heterocycles. The van der Waals surface area contributed by atoms with E-state index in [4.69, 9.17) is 18.6 Å². The fourth-order valence-corrected chi connectivity index (χ4v) is 3.70. The fraction of sp³-hybridized carbons (Fsp3) is 0.304. The molecule has 13 nitrogen and oxygen atoms in total. The second kappa shape index (κ2) is 9.54. The van der Waals surface area contributed by atoms with Crippen LogP contribution in [0.1, 0.15) is 6.92 Å². The number of hydrogen-bond acceptors (Lipinski definition) is 13. The van der Waals surface area contributed by atoms with Gasteiger partial charge in [-0.15, -0.1) is 0 Å². The summed E-state index contributed by atoms with van der Waals surface area (Å²) in [5.74, 6) is -3.84. The van der Waals surface area contributed by atoms with Crippen LogP contribution in [-0.4, -0.2) is 79.0 Å². The summed E-state index contributed by atoms with van der Waals surface area (Å²) in [5.41, 5.74) is -1.24. The first-order valence-electron chi connectivity index (χ1n) is 10.5. The van der Waals surface area contributed by atoms with Gasteiger partial charge in [-0.3, -0.25) is 9.59 Å². The van der Waals surface area contributed by atoms with Gasteiger partial charge in [-0.2, -0.15) is 0 Å². The lowest BCUT2D eigenvalue weighted by molar-refractivity contribution is -0.278. The Bertz CT molecular complexity index is 1360. The molecule has 4 rings (SSSR count). The van der Waals surface area contributed by atoms with E-state index in [1.807, 2.05) is 0 Å². The summed E-state index contributed by atoms with van der Waals surface area (Å²) in [6.07, 6.45) is -8.54. The Morgan fingerprint density at radius 2 is 1.67 bits per heavy atom. The normalized spacial score (nSPS) is 23.9. The van der Waals surface area contributed by atoms with E-state index in [0.717, 1.165) is 31.2 Å².